The molecule has 106 valence electrons. The summed E-state index contributed by atoms with van der Waals surface area (Å²) in [5, 5.41) is 0. The third-order valence-corrected chi connectivity index (χ3v) is 3.22. The van der Waals surface area contributed by atoms with Gasteiger partial charge in [0, 0.05) is 24.8 Å². The summed E-state index contributed by atoms with van der Waals surface area (Å²) in [6.07, 6.45) is 0.942. The molecule has 1 rings (SSSR count). The van der Waals surface area contributed by atoms with Crippen molar-refractivity contribution in [1.82, 2.24) is 4.90 Å². The topological polar surface area (TPSA) is 46.3 Å². The number of nitrogens with two attached hydrogens (primary N) is 1. The Kier molecular flexibility index (Phi) is 5.27. The molecule has 0 bridgehead atoms. The Morgan fingerprint density at radius 1 is 1.32 bits per heavy atom. The molecule has 0 heterocycles. The monoisotopic (exact) mass is 270 g/mol. The van der Waals surface area contributed by atoms with Crippen LogP contribution in [0.25, 0.3) is 0 Å². The van der Waals surface area contributed by atoms with Gasteiger partial charge in [0.25, 0.3) is 5.91 Å². The summed E-state index contributed by atoms with van der Waals surface area (Å²) in [4.78, 5) is 13.9. The van der Waals surface area contributed by atoms with Crippen molar-refractivity contribution < 1.29 is 13.6 Å². The first-order valence-corrected chi connectivity index (χ1v) is 6.44. The second-order valence-electron chi connectivity index (χ2n) is 4.71. The highest BCUT2D eigenvalue weighted by Gasteiger charge is 2.20. The van der Waals surface area contributed by atoms with Crippen LogP contribution in [0.1, 0.15) is 37.6 Å². The fourth-order valence-corrected chi connectivity index (χ4v) is 1.78. The van der Waals surface area contributed by atoms with E-state index in [0.29, 0.717) is 19.0 Å². The predicted molar refractivity (Wildman–Crippen MR) is 71.8 cm³/mol. The van der Waals surface area contributed by atoms with Crippen molar-refractivity contribution in [1.29, 1.82) is 0 Å². The lowest BCUT2D eigenvalue weighted by atomic mass is 10.1. The molecule has 19 heavy (non-hydrogen) atoms. The van der Waals surface area contributed by atoms with Crippen LogP contribution in [0.4, 0.5) is 14.5 Å². The van der Waals surface area contributed by atoms with Gasteiger partial charge in [-0.3, -0.25) is 4.79 Å². The van der Waals surface area contributed by atoms with Gasteiger partial charge in [0.05, 0.1) is 5.56 Å². The normalized spacial score (nSPS) is 12.3. The molecule has 0 saturated carbocycles. The van der Waals surface area contributed by atoms with E-state index in [2.05, 4.69) is 0 Å². The minimum atomic E-state index is -1.06. The Hall–Kier alpha value is -1.65. The predicted octanol–water partition coefficient (Wildman–Crippen LogP) is 3.06. The smallest absolute Gasteiger partial charge is 0.256 e. The highest BCUT2D eigenvalue weighted by atomic mass is 19.2. The molecule has 0 radical (unpaired) electrons. The van der Waals surface area contributed by atoms with Crippen molar-refractivity contribution in [3.63, 3.8) is 0 Å². The van der Waals surface area contributed by atoms with Crippen molar-refractivity contribution >= 4 is 11.6 Å². The number of carbonyl (C=O) groups is 1. The molecule has 1 atom stereocenters. The number of amides is 1. The van der Waals surface area contributed by atoms with Crippen LogP contribution in [-0.4, -0.2) is 23.9 Å². The fraction of sp³-hybridized carbons (Fsp3) is 0.500. The van der Waals surface area contributed by atoms with Gasteiger partial charge < -0.3 is 10.6 Å². The van der Waals surface area contributed by atoms with Crippen LogP contribution in [0, 0.1) is 17.6 Å². The van der Waals surface area contributed by atoms with Crippen LogP contribution in [0.5, 0.6) is 0 Å². The van der Waals surface area contributed by atoms with E-state index >= 15 is 0 Å². The number of hydrogen-bond donors (Lipinski definition) is 1. The van der Waals surface area contributed by atoms with E-state index < -0.39 is 11.6 Å². The molecule has 0 aromatic heterocycles. The van der Waals surface area contributed by atoms with E-state index in [4.69, 9.17) is 5.73 Å². The molecule has 1 amide bonds. The van der Waals surface area contributed by atoms with Gasteiger partial charge in [0.1, 0.15) is 0 Å². The first kappa shape index (κ1) is 15.4. The van der Waals surface area contributed by atoms with Crippen LogP contribution < -0.4 is 5.73 Å². The second kappa shape index (κ2) is 6.50. The molecule has 1 aromatic rings. The maximum Gasteiger partial charge on any atom is 0.256 e. The molecular weight excluding hydrogens is 250 g/mol. The lowest BCUT2D eigenvalue weighted by Gasteiger charge is -2.24. The summed E-state index contributed by atoms with van der Waals surface area (Å²) >= 11 is 0. The molecule has 0 aliphatic heterocycles. The number of benzene rings is 1. The number of hydrogen-bond acceptors (Lipinski definition) is 2. The van der Waals surface area contributed by atoms with Gasteiger partial charge in [0.2, 0.25) is 0 Å². The third-order valence-electron chi connectivity index (χ3n) is 3.22. The molecule has 0 fully saturated rings. The van der Waals surface area contributed by atoms with E-state index in [-0.39, 0.29) is 17.2 Å². The molecule has 1 unspecified atom stereocenters. The SMILES string of the molecule is CCC(C)CN(CC)C(=O)c1cc(F)c(F)cc1N. The highest BCUT2D eigenvalue weighted by Crippen LogP contribution is 2.19. The molecule has 0 spiro atoms. The van der Waals surface area contributed by atoms with Crippen molar-refractivity contribution in [2.45, 2.75) is 27.2 Å². The zero-order valence-corrected chi connectivity index (χ0v) is 11.5. The average molecular weight is 270 g/mol. The van der Waals surface area contributed by atoms with Crippen molar-refractivity contribution in [3.05, 3.63) is 29.3 Å². The molecular formula is C14H20F2N2O. The van der Waals surface area contributed by atoms with Crippen LogP contribution in [-0.2, 0) is 0 Å². The Morgan fingerprint density at radius 3 is 2.42 bits per heavy atom. The third kappa shape index (κ3) is 3.66. The first-order chi connectivity index (χ1) is 8.90. The number of anilines is 1. The average Bonchev–Trinajstić information content (AvgIpc) is 2.39. The molecule has 3 nitrogen and oxygen atoms in total. The van der Waals surface area contributed by atoms with E-state index in [1.165, 1.54) is 0 Å². The van der Waals surface area contributed by atoms with E-state index in [0.717, 1.165) is 18.6 Å². The quantitative estimate of drug-likeness (QED) is 0.836. The Bertz CT molecular complexity index is 463. The van der Waals surface area contributed by atoms with Gasteiger partial charge in [-0.25, -0.2) is 8.78 Å². The maximum absolute atomic E-state index is 13.2. The van der Waals surface area contributed by atoms with E-state index in [9.17, 15) is 13.6 Å². The van der Waals surface area contributed by atoms with Crippen molar-refractivity contribution in [2.24, 2.45) is 5.92 Å². The zero-order valence-electron chi connectivity index (χ0n) is 11.5. The molecule has 0 aliphatic carbocycles. The van der Waals surface area contributed by atoms with E-state index in [1.54, 1.807) is 4.90 Å². The fourth-order valence-electron chi connectivity index (χ4n) is 1.78. The van der Waals surface area contributed by atoms with Gasteiger partial charge in [-0.15, -0.1) is 0 Å². The number of nitrogen functional groups attached to an aromatic ring is 1. The largest absolute Gasteiger partial charge is 0.398 e. The van der Waals surface area contributed by atoms with Gasteiger partial charge >= 0.3 is 0 Å². The summed E-state index contributed by atoms with van der Waals surface area (Å²) in [5.74, 6) is -2.12. The summed E-state index contributed by atoms with van der Waals surface area (Å²) in [7, 11) is 0. The number of nitrogens with zero attached hydrogens (tertiary/aromatic N) is 1. The summed E-state index contributed by atoms with van der Waals surface area (Å²) in [5.41, 5.74) is 5.57. The molecule has 0 aliphatic rings. The lowest BCUT2D eigenvalue weighted by molar-refractivity contribution is 0.0741. The van der Waals surface area contributed by atoms with Crippen LogP contribution >= 0.6 is 0 Å². The van der Waals surface area contributed by atoms with Crippen LogP contribution in [0.3, 0.4) is 0 Å². The molecule has 2 N–H and O–H groups in total. The van der Waals surface area contributed by atoms with Gasteiger partial charge in [-0.05, 0) is 18.9 Å². The summed E-state index contributed by atoms with van der Waals surface area (Å²) in [6.45, 7) is 6.99. The standard InChI is InChI=1S/C14H20F2N2O/c1-4-9(3)8-18(5-2)14(19)10-6-11(15)12(16)7-13(10)17/h6-7,9H,4-5,8,17H2,1-3H3. The lowest BCUT2D eigenvalue weighted by Crippen LogP contribution is -2.35. The Morgan fingerprint density at radius 2 is 1.89 bits per heavy atom. The number of carbonyl (C=O) groups excluding carboxylic acids is 1. The Balaban J connectivity index is 3.00. The molecule has 0 saturated heterocycles. The van der Waals surface area contributed by atoms with Crippen LogP contribution in [0.2, 0.25) is 0 Å². The first-order valence-electron chi connectivity index (χ1n) is 6.44. The summed E-state index contributed by atoms with van der Waals surface area (Å²) in [6, 6.07) is 1.71. The number of halogens is 2. The van der Waals surface area contributed by atoms with Gasteiger partial charge in [0.15, 0.2) is 11.6 Å². The Labute approximate surface area is 112 Å². The van der Waals surface area contributed by atoms with Crippen molar-refractivity contribution in [3.8, 4) is 0 Å². The molecule has 5 heteroatoms. The van der Waals surface area contributed by atoms with Crippen molar-refractivity contribution in [2.75, 3.05) is 18.8 Å². The second-order valence-corrected chi connectivity index (χ2v) is 4.71. The summed E-state index contributed by atoms with van der Waals surface area (Å²) < 4.78 is 26.2. The van der Waals surface area contributed by atoms with Gasteiger partial charge in [-0.2, -0.15) is 0 Å². The maximum atomic E-state index is 13.2. The van der Waals surface area contributed by atoms with E-state index in [1.807, 2.05) is 20.8 Å². The minimum absolute atomic E-state index is 0.0176. The zero-order chi connectivity index (χ0) is 14.6. The van der Waals surface area contributed by atoms with Gasteiger partial charge in [-0.1, -0.05) is 20.3 Å². The van der Waals surface area contributed by atoms with Crippen LogP contribution in [0.15, 0.2) is 12.1 Å². The highest BCUT2D eigenvalue weighted by molar-refractivity contribution is 5.99. The minimum Gasteiger partial charge on any atom is -0.398 e. The number of rotatable bonds is 5. The molecule has 1 aromatic carbocycles.